The standard InChI is InChI=1S/C21H17N3O4S/c25-18-9-8-15(20(26)23-18)24-10-13-12(21(24)27)4-3-6-16(13)28-11-19-22-14-5-1-2-7-17(14)29-19/h1-7,15H,8-11H2,(H,23,25,26). The van der Waals surface area contributed by atoms with Crippen molar-refractivity contribution >= 4 is 39.3 Å². The lowest BCUT2D eigenvalue weighted by atomic mass is 10.0. The highest BCUT2D eigenvalue weighted by molar-refractivity contribution is 7.18. The molecule has 3 heterocycles. The molecule has 1 fully saturated rings. The minimum Gasteiger partial charge on any atom is -0.486 e. The van der Waals surface area contributed by atoms with E-state index in [4.69, 9.17) is 4.74 Å². The molecule has 29 heavy (non-hydrogen) atoms. The Morgan fingerprint density at radius 2 is 2.00 bits per heavy atom. The number of thiazole rings is 1. The van der Waals surface area contributed by atoms with Gasteiger partial charge in [0, 0.05) is 17.5 Å². The van der Waals surface area contributed by atoms with Crippen LogP contribution in [0.25, 0.3) is 10.2 Å². The van der Waals surface area contributed by atoms with Gasteiger partial charge in [0.05, 0.1) is 16.8 Å². The number of aromatic nitrogens is 1. The Morgan fingerprint density at radius 1 is 1.14 bits per heavy atom. The van der Waals surface area contributed by atoms with Gasteiger partial charge in [-0.05, 0) is 30.7 Å². The van der Waals surface area contributed by atoms with Crippen LogP contribution in [0.4, 0.5) is 0 Å². The van der Waals surface area contributed by atoms with E-state index in [0.29, 0.717) is 24.3 Å². The molecule has 2 aliphatic heterocycles. The number of hydrogen-bond donors (Lipinski definition) is 1. The Bertz CT molecular complexity index is 1120. The van der Waals surface area contributed by atoms with E-state index in [-0.39, 0.29) is 24.8 Å². The molecule has 5 rings (SSSR count). The van der Waals surface area contributed by atoms with Crippen LogP contribution in [0, 0.1) is 0 Å². The second-order valence-corrected chi connectivity index (χ2v) is 8.16. The van der Waals surface area contributed by atoms with E-state index in [0.717, 1.165) is 20.8 Å². The summed E-state index contributed by atoms with van der Waals surface area (Å²) >= 11 is 1.58. The SMILES string of the molecule is O=C1CCC(N2Cc3c(OCc4nc5ccccc5s4)cccc3C2=O)C(=O)N1. The van der Waals surface area contributed by atoms with Crippen molar-refractivity contribution in [2.24, 2.45) is 0 Å². The average Bonchev–Trinajstić information content (AvgIpc) is 3.28. The van der Waals surface area contributed by atoms with Gasteiger partial charge in [-0.1, -0.05) is 18.2 Å². The van der Waals surface area contributed by atoms with Crippen molar-refractivity contribution in [3.8, 4) is 5.75 Å². The second kappa shape index (κ2) is 6.97. The van der Waals surface area contributed by atoms with E-state index in [1.54, 1.807) is 23.5 Å². The second-order valence-electron chi connectivity index (χ2n) is 7.05. The molecule has 2 aliphatic rings. The van der Waals surface area contributed by atoms with Crippen molar-refractivity contribution in [3.05, 3.63) is 58.6 Å². The number of para-hydroxylation sites is 1. The number of imide groups is 1. The molecule has 1 N–H and O–H groups in total. The first-order chi connectivity index (χ1) is 14.1. The summed E-state index contributed by atoms with van der Waals surface area (Å²) in [5.74, 6) is -0.306. The maximum atomic E-state index is 12.9. The lowest BCUT2D eigenvalue weighted by Gasteiger charge is -2.29. The normalized spacial score (nSPS) is 18.8. The third kappa shape index (κ3) is 3.15. The van der Waals surface area contributed by atoms with Gasteiger partial charge in [-0.25, -0.2) is 4.98 Å². The van der Waals surface area contributed by atoms with Gasteiger partial charge in [-0.15, -0.1) is 11.3 Å². The lowest BCUT2D eigenvalue weighted by molar-refractivity contribution is -0.136. The number of carbonyl (C=O) groups is 3. The van der Waals surface area contributed by atoms with Crippen LogP contribution in [0.5, 0.6) is 5.75 Å². The topological polar surface area (TPSA) is 88.6 Å². The predicted octanol–water partition coefficient (Wildman–Crippen LogP) is 2.64. The van der Waals surface area contributed by atoms with Gasteiger partial charge in [-0.2, -0.15) is 0 Å². The van der Waals surface area contributed by atoms with Gasteiger partial charge in [0.1, 0.15) is 23.4 Å². The van der Waals surface area contributed by atoms with Crippen LogP contribution in [0.2, 0.25) is 0 Å². The van der Waals surface area contributed by atoms with E-state index in [1.165, 1.54) is 4.90 Å². The minimum atomic E-state index is -0.635. The molecule has 0 bridgehead atoms. The maximum absolute atomic E-state index is 12.9. The molecule has 1 atom stereocenters. The fourth-order valence-corrected chi connectivity index (χ4v) is 4.69. The lowest BCUT2D eigenvalue weighted by Crippen LogP contribution is -2.52. The van der Waals surface area contributed by atoms with Gasteiger partial charge in [0.15, 0.2) is 0 Å². The van der Waals surface area contributed by atoms with Gasteiger partial charge < -0.3 is 9.64 Å². The van der Waals surface area contributed by atoms with Crippen molar-refractivity contribution < 1.29 is 19.1 Å². The number of benzene rings is 2. The first kappa shape index (κ1) is 17.8. The molecule has 1 unspecified atom stereocenters. The number of carbonyl (C=O) groups excluding carboxylic acids is 3. The number of rotatable bonds is 4. The Hall–Kier alpha value is -3.26. The van der Waals surface area contributed by atoms with Crippen molar-refractivity contribution in [2.75, 3.05) is 0 Å². The van der Waals surface area contributed by atoms with Crippen LogP contribution in [0.1, 0.15) is 33.8 Å². The third-order valence-electron chi connectivity index (χ3n) is 5.23. The molecule has 0 radical (unpaired) electrons. The summed E-state index contributed by atoms with van der Waals surface area (Å²) in [6.07, 6.45) is 0.573. The monoisotopic (exact) mass is 407 g/mol. The van der Waals surface area contributed by atoms with Gasteiger partial charge in [0.2, 0.25) is 11.8 Å². The molecular weight excluding hydrogens is 390 g/mol. The van der Waals surface area contributed by atoms with E-state index >= 15 is 0 Å². The molecule has 146 valence electrons. The Kier molecular flexibility index (Phi) is 4.28. The van der Waals surface area contributed by atoms with E-state index in [2.05, 4.69) is 10.3 Å². The van der Waals surface area contributed by atoms with E-state index < -0.39 is 11.9 Å². The number of fused-ring (bicyclic) bond motifs is 2. The van der Waals surface area contributed by atoms with Crippen molar-refractivity contribution in [1.82, 2.24) is 15.2 Å². The average molecular weight is 407 g/mol. The maximum Gasteiger partial charge on any atom is 0.255 e. The zero-order chi connectivity index (χ0) is 20.0. The molecule has 3 amide bonds. The number of nitrogens with zero attached hydrogens (tertiary/aromatic N) is 2. The molecule has 0 spiro atoms. The molecule has 1 saturated heterocycles. The predicted molar refractivity (Wildman–Crippen MR) is 106 cm³/mol. The molecule has 2 aromatic carbocycles. The van der Waals surface area contributed by atoms with Crippen LogP contribution in [-0.2, 0) is 22.7 Å². The summed E-state index contributed by atoms with van der Waals surface area (Å²) in [5, 5.41) is 3.17. The van der Waals surface area contributed by atoms with Crippen molar-refractivity contribution in [2.45, 2.75) is 32.0 Å². The first-order valence-corrected chi connectivity index (χ1v) is 10.2. The molecule has 8 heteroatoms. The fraction of sp³-hybridized carbons (Fsp3) is 0.238. The summed E-state index contributed by atoms with van der Waals surface area (Å²) in [4.78, 5) is 42.6. The molecule has 0 saturated carbocycles. The number of amides is 3. The molecule has 0 aliphatic carbocycles. The quantitative estimate of drug-likeness (QED) is 0.672. The van der Waals surface area contributed by atoms with Gasteiger partial charge >= 0.3 is 0 Å². The van der Waals surface area contributed by atoms with Crippen LogP contribution < -0.4 is 10.1 Å². The van der Waals surface area contributed by atoms with Crippen LogP contribution in [-0.4, -0.2) is 33.6 Å². The Labute approximate surface area is 170 Å². The molecule has 3 aromatic rings. The fourth-order valence-electron chi connectivity index (χ4n) is 3.81. The summed E-state index contributed by atoms with van der Waals surface area (Å²) < 4.78 is 7.11. The Morgan fingerprint density at radius 3 is 2.83 bits per heavy atom. The summed E-state index contributed by atoms with van der Waals surface area (Å²) in [6.45, 7) is 0.596. The summed E-state index contributed by atoms with van der Waals surface area (Å²) in [5.41, 5.74) is 2.24. The molecular formula is C21H17N3O4S. The number of piperidine rings is 1. The zero-order valence-electron chi connectivity index (χ0n) is 15.4. The summed E-state index contributed by atoms with van der Waals surface area (Å²) in [6, 6.07) is 12.6. The summed E-state index contributed by atoms with van der Waals surface area (Å²) in [7, 11) is 0. The number of nitrogens with one attached hydrogen (secondary N) is 1. The van der Waals surface area contributed by atoms with Crippen molar-refractivity contribution in [3.63, 3.8) is 0 Å². The Balaban J connectivity index is 1.36. The largest absolute Gasteiger partial charge is 0.486 e. The van der Waals surface area contributed by atoms with Crippen molar-refractivity contribution in [1.29, 1.82) is 0 Å². The van der Waals surface area contributed by atoms with Gasteiger partial charge in [-0.3, -0.25) is 19.7 Å². The van der Waals surface area contributed by atoms with Crippen LogP contribution >= 0.6 is 11.3 Å². The molecule has 1 aromatic heterocycles. The zero-order valence-corrected chi connectivity index (χ0v) is 16.2. The highest BCUT2D eigenvalue weighted by Crippen LogP contribution is 2.34. The highest BCUT2D eigenvalue weighted by Gasteiger charge is 2.40. The van der Waals surface area contributed by atoms with E-state index in [1.807, 2.05) is 30.3 Å². The highest BCUT2D eigenvalue weighted by atomic mass is 32.1. The van der Waals surface area contributed by atoms with Crippen LogP contribution in [0.15, 0.2) is 42.5 Å². The molecule has 7 nitrogen and oxygen atoms in total. The van der Waals surface area contributed by atoms with Crippen LogP contribution in [0.3, 0.4) is 0 Å². The minimum absolute atomic E-state index is 0.208. The number of hydrogen-bond acceptors (Lipinski definition) is 6. The smallest absolute Gasteiger partial charge is 0.255 e. The van der Waals surface area contributed by atoms with E-state index in [9.17, 15) is 14.4 Å². The first-order valence-electron chi connectivity index (χ1n) is 9.34. The third-order valence-corrected chi connectivity index (χ3v) is 6.24. The van der Waals surface area contributed by atoms with Gasteiger partial charge in [0.25, 0.3) is 5.91 Å². The number of ether oxygens (including phenoxy) is 1.